The van der Waals surface area contributed by atoms with Gasteiger partial charge < -0.3 is 24.8 Å². The van der Waals surface area contributed by atoms with Crippen LogP contribution in [0.1, 0.15) is 23.6 Å². The number of morpholine rings is 1. The molecule has 3 rings (SSSR count). The molecule has 1 fully saturated rings. The summed E-state index contributed by atoms with van der Waals surface area (Å²) in [6.07, 6.45) is 5.97. The minimum Gasteiger partial charge on any atom is -0.493 e. The number of aliphatic imine (C=N–C) groups is 1. The number of hydrogen-bond donors (Lipinski definition) is 2. The molecule has 9 heteroatoms. The van der Waals surface area contributed by atoms with Crippen LogP contribution in [0.3, 0.4) is 0 Å². The number of guanidine groups is 1. The lowest BCUT2D eigenvalue weighted by Crippen LogP contribution is -2.46. The van der Waals surface area contributed by atoms with Crippen molar-refractivity contribution in [3.05, 3.63) is 41.7 Å². The van der Waals surface area contributed by atoms with E-state index in [-0.39, 0.29) is 6.04 Å². The maximum Gasteiger partial charge on any atom is 0.191 e. The first-order valence-electron chi connectivity index (χ1n) is 11.1. The quantitative estimate of drug-likeness (QED) is 0.327. The third-order valence-corrected chi connectivity index (χ3v) is 5.66. The Balaban J connectivity index is 1.59. The van der Waals surface area contributed by atoms with Crippen LogP contribution >= 0.6 is 0 Å². The van der Waals surface area contributed by atoms with Crippen molar-refractivity contribution in [3.8, 4) is 11.5 Å². The molecule has 9 nitrogen and oxygen atoms in total. The first kappa shape index (κ1) is 23.9. The molecular formula is C23H36N6O3. The summed E-state index contributed by atoms with van der Waals surface area (Å²) in [6.45, 7) is 4.82. The van der Waals surface area contributed by atoms with Gasteiger partial charge in [0.2, 0.25) is 0 Å². The molecule has 1 aliphatic heterocycles. The van der Waals surface area contributed by atoms with Crippen molar-refractivity contribution in [3.63, 3.8) is 0 Å². The predicted molar refractivity (Wildman–Crippen MR) is 126 cm³/mol. The molecule has 0 radical (unpaired) electrons. The van der Waals surface area contributed by atoms with E-state index < -0.39 is 0 Å². The van der Waals surface area contributed by atoms with Gasteiger partial charge in [-0.1, -0.05) is 6.07 Å². The number of benzene rings is 1. The Morgan fingerprint density at radius 2 is 1.97 bits per heavy atom. The normalized spacial score (nSPS) is 15.9. The summed E-state index contributed by atoms with van der Waals surface area (Å²) in [7, 11) is 7.07. The first-order valence-corrected chi connectivity index (χ1v) is 11.1. The van der Waals surface area contributed by atoms with Crippen molar-refractivity contribution in [1.82, 2.24) is 25.3 Å². The minimum absolute atomic E-state index is 0.160. The Morgan fingerprint density at radius 1 is 1.19 bits per heavy atom. The van der Waals surface area contributed by atoms with Crippen LogP contribution in [-0.4, -0.2) is 81.3 Å². The summed E-state index contributed by atoms with van der Waals surface area (Å²) < 4.78 is 18.4. The molecule has 1 atom stereocenters. The van der Waals surface area contributed by atoms with Crippen molar-refractivity contribution in [2.75, 3.05) is 60.7 Å². The zero-order valence-corrected chi connectivity index (χ0v) is 19.6. The molecule has 1 saturated heterocycles. The van der Waals surface area contributed by atoms with Gasteiger partial charge in [-0.2, -0.15) is 5.10 Å². The lowest BCUT2D eigenvalue weighted by molar-refractivity contribution is 0.0169. The fourth-order valence-electron chi connectivity index (χ4n) is 3.92. The lowest BCUT2D eigenvalue weighted by Gasteiger charge is -2.35. The van der Waals surface area contributed by atoms with E-state index in [0.29, 0.717) is 0 Å². The number of methoxy groups -OCH3 is 2. The van der Waals surface area contributed by atoms with Crippen molar-refractivity contribution < 1.29 is 14.2 Å². The smallest absolute Gasteiger partial charge is 0.191 e. The highest BCUT2D eigenvalue weighted by Gasteiger charge is 2.24. The average Bonchev–Trinajstić information content (AvgIpc) is 3.25. The van der Waals surface area contributed by atoms with Gasteiger partial charge in [-0.15, -0.1) is 0 Å². The highest BCUT2D eigenvalue weighted by molar-refractivity contribution is 5.79. The predicted octanol–water partition coefficient (Wildman–Crippen LogP) is 1.61. The van der Waals surface area contributed by atoms with Crippen molar-refractivity contribution in [2.45, 2.75) is 18.9 Å². The molecule has 0 spiro atoms. The topological polar surface area (TPSA) is 85.2 Å². The van der Waals surface area contributed by atoms with Gasteiger partial charge in [0.1, 0.15) is 0 Å². The van der Waals surface area contributed by atoms with Gasteiger partial charge in [0.15, 0.2) is 17.5 Å². The second kappa shape index (κ2) is 12.3. The zero-order chi connectivity index (χ0) is 22.8. The Bertz CT molecular complexity index is 863. The number of rotatable bonds is 10. The van der Waals surface area contributed by atoms with E-state index >= 15 is 0 Å². The monoisotopic (exact) mass is 444 g/mol. The maximum absolute atomic E-state index is 5.57. The van der Waals surface area contributed by atoms with Gasteiger partial charge in [0, 0.05) is 46.5 Å². The van der Waals surface area contributed by atoms with Crippen LogP contribution < -0.4 is 20.1 Å². The number of ether oxygens (including phenoxy) is 3. The lowest BCUT2D eigenvalue weighted by atomic mass is 10.0. The molecule has 176 valence electrons. The third-order valence-electron chi connectivity index (χ3n) is 5.66. The van der Waals surface area contributed by atoms with Crippen molar-refractivity contribution >= 4 is 5.96 Å². The summed E-state index contributed by atoms with van der Waals surface area (Å²) in [5.74, 6) is 2.27. The highest BCUT2D eigenvalue weighted by atomic mass is 16.5. The molecule has 2 aromatic rings. The SMILES string of the molecule is CN=C(NCCCc1cnn(C)c1)NCC(c1ccc(OC)c(OC)c1)N1CCOCC1. The zero-order valence-electron chi connectivity index (χ0n) is 19.6. The van der Waals surface area contributed by atoms with E-state index in [9.17, 15) is 0 Å². The first-order chi connectivity index (χ1) is 15.6. The van der Waals surface area contributed by atoms with Gasteiger partial charge in [-0.05, 0) is 36.1 Å². The van der Waals surface area contributed by atoms with Crippen LogP contribution in [0.2, 0.25) is 0 Å². The molecule has 1 aliphatic rings. The van der Waals surface area contributed by atoms with Gasteiger partial charge >= 0.3 is 0 Å². The van der Waals surface area contributed by atoms with Gasteiger partial charge in [0.05, 0.1) is 39.7 Å². The molecule has 0 aliphatic carbocycles. The fraction of sp³-hybridized carbons (Fsp3) is 0.565. The van der Waals surface area contributed by atoms with Crippen LogP contribution in [-0.2, 0) is 18.2 Å². The molecular weight excluding hydrogens is 408 g/mol. The van der Waals surface area contributed by atoms with E-state index in [4.69, 9.17) is 14.2 Å². The van der Waals surface area contributed by atoms with Gasteiger partial charge in [0.25, 0.3) is 0 Å². The summed E-state index contributed by atoms with van der Waals surface area (Å²) in [5.41, 5.74) is 2.42. The van der Waals surface area contributed by atoms with E-state index in [1.54, 1.807) is 21.3 Å². The van der Waals surface area contributed by atoms with Crippen LogP contribution in [0.15, 0.2) is 35.6 Å². The number of hydrogen-bond acceptors (Lipinski definition) is 6. The number of aryl methyl sites for hydroxylation is 2. The Morgan fingerprint density at radius 3 is 2.62 bits per heavy atom. The van der Waals surface area contributed by atoms with Gasteiger partial charge in [-0.3, -0.25) is 14.6 Å². The molecule has 1 aromatic carbocycles. The van der Waals surface area contributed by atoms with E-state index in [1.165, 1.54) is 11.1 Å². The Labute approximate surface area is 190 Å². The van der Waals surface area contributed by atoms with Crippen molar-refractivity contribution in [2.24, 2.45) is 12.0 Å². The van der Waals surface area contributed by atoms with E-state index in [0.717, 1.165) is 69.7 Å². The molecule has 2 N–H and O–H groups in total. The molecule has 0 saturated carbocycles. The summed E-state index contributed by atoms with van der Waals surface area (Å²) in [4.78, 5) is 6.84. The largest absolute Gasteiger partial charge is 0.493 e. The van der Waals surface area contributed by atoms with Crippen molar-refractivity contribution in [1.29, 1.82) is 0 Å². The van der Waals surface area contributed by atoms with E-state index in [1.807, 2.05) is 24.0 Å². The molecule has 1 aromatic heterocycles. The molecule has 0 bridgehead atoms. The molecule has 0 amide bonds. The number of aromatic nitrogens is 2. The number of nitrogens with zero attached hydrogens (tertiary/aromatic N) is 4. The number of nitrogens with one attached hydrogen (secondary N) is 2. The Hall–Kier alpha value is -2.78. The molecule has 32 heavy (non-hydrogen) atoms. The fourth-order valence-corrected chi connectivity index (χ4v) is 3.92. The third kappa shape index (κ3) is 6.61. The molecule has 1 unspecified atom stereocenters. The van der Waals surface area contributed by atoms with Crippen LogP contribution in [0.25, 0.3) is 0 Å². The second-order valence-electron chi connectivity index (χ2n) is 7.78. The average molecular weight is 445 g/mol. The molecule has 2 heterocycles. The van der Waals surface area contributed by atoms with Crippen LogP contribution in [0, 0.1) is 0 Å². The maximum atomic E-state index is 5.57. The summed E-state index contributed by atoms with van der Waals surface area (Å²) >= 11 is 0. The summed E-state index contributed by atoms with van der Waals surface area (Å²) in [6, 6.07) is 6.29. The van der Waals surface area contributed by atoms with E-state index in [2.05, 4.69) is 44.0 Å². The highest BCUT2D eigenvalue weighted by Crippen LogP contribution is 2.32. The minimum atomic E-state index is 0.160. The second-order valence-corrected chi connectivity index (χ2v) is 7.78. The Kier molecular flexibility index (Phi) is 9.18. The standard InChI is InChI=1S/C23H36N6O3/c1-24-23(25-9-5-6-18-15-27-28(2)17-18)26-16-20(29-10-12-32-13-11-29)19-7-8-21(30-3)22(14-19)31-4/h7-8,14-15,17,20H,5-6,9-13,16H2,1-4H3,(H2,24,25,26). The van der Waals surface area contributed by atoms with Crippen LogP contribution in [0.5, 0.6) is 11.5 Å². The van der Waals surface area contributed by atoms with Gasteiger partial charge in [-0.25, -0.2) is 0 Å². The van der Waals surface area contributed by atoms with Crippen LogP contribution in [0.4, 0.5) is 0 Å². The summed E-state index contributed by atoms with van der Waals surface area (Å²) in [5, 5.41) is 11.1.